The van der Waals surface area contributed by atoms with Gasteiger partial charge in [-0.1, -0.05) is 30.3 Å². The first-order chi connectivity index (χ1) is 12.6. The molecule has 1 aliphatic heterocycles. The predicted octanol–water partition coefficient (Wildman–Crippen LogP) is 3.29. The van der Waals surface area contributed by atoms with E-state index in [1.807, 2.05) is 18.2 Å². The first-order valence-corrected chi connectivity index (χ1v) is 9.77. The number of primary amides is 1. The lowest BCUT2D eigenvalue weighted by atomic mass is 9.96. The van der Waals surface area contributed by atoms with Crippen LogP contribution < -0.4 is 10.6 Å². The topological polar surface area (TPSA) is 72.1 Å². The number of amides is 1. The van der Waals surface area contributed by atoms with E-state index in [0.29, 0.717) is 0 Å². The molecule has 1 aliphatic rings. The van der Waals surface area contributed by atoms with E-state index >= 15 is 0 Å². The Morgan fingerprint density at radius 1 is 1.23 bits per heavy atom. The molecule has 3 aromatic rings. The van der Waals surface area contributed by atoms with Gasteiger partial charge in [0, 0.05) is 30.3 Å². The van der Waals surface area contributed by atoms with Crippen LogP contribution in [0.25, 0.3) is 10.2 Å². The number of fused-ring (bicyclic) bond motifs is 1. The Morgan fingerprint density at radius 3 is 2.65 bits per heavy atom. The maximum atomic E-state index is 11.5. The molecular formula is C20H22N4OS. The second kappa shape index (κ2) is 7.03. The van der Waals surface area contributed by atoms with Crippen molar-refractivity contribution in [2.75, 3.05) is 18.0 Å². The van der Waals surface area contributed by atoms with Crippen LogP contribution in [0.4, 0.5) is 5.82 Å². The minimum absolute atomic E-state index is 0.0171. The number of hydrogen-bond acceptors (Lipinski definition) is 5. The molecule has 0 bridgehead atoms. The number of anilines is 1. The van der Waals surface area contributed by atoms with Crippen molar-refractivity contribution >= 4 is 33.3 Å². The summed E-state index contributed by atoms with van der Waals surface area (Å²) in [5.74, 6) is 1.64. The number of piperidine rings is 1. The van der Waals surface area contributed by atoms with E-state index in [1.54, 1.807) is 11.3 Å². The standard InChI is InChI=1S/C20H22N4OS/c1-13-11-16-19(24-9-7-15(8-10-24)18(21)25)22-17(23-20(16)26-13)12-14-5-3-2-4-6-14/h2-6,11,15H,7-10,12H2,1H3,(H2,21,25). The maximum absolute atomic E-state index is 11.5. The normalized spacial score (nSPS) is 15.5. The Hall–Kier alpha value is -2.47. The molecule has 1 saturated heterocycles. The first-order valence-electron chi connectivity index (χ1n) is 8.95. The lowest BCUT2D eigenvalue weighted by Gasteiger charge is -2.32. The zero-order chi connectivity index (χ0) is 18.1. The Kier molecular flexibility index (Phi) is 4.59. The fraction of sp³-hybridized carbons (Fsp3) is 0.350. The lowest BCUT2D eigenvalue weighted by Crippen LogP contribution is -2.39. The zero-order valence-electron chi connectivity index (χ0n) is 14.8. The number of nitrogens with two attached hydrogens (primary N) is 1. The molecule has 0 aliphatic carbocycles. The van der Waals surface area contributed by atoms with Gasteiger partial charge in [0.1, 0.15) is 16.5 Å². The van der Waals surface area contributed by atoms with Crippen molar-refractivity contribution in [1.82, 2.24) is 9.97 Å². The smallest absolute Gasteiger partial charge is 0.220 e. The molecule has 5 nitrogen and oxygen atoms in total. The molecule has 1 fully saturated rings. The second-order valence-corrected chi connectivity index (χ2v) is 8.10. The van der Waals surface area contributed by atoms with Crippen LogP contribution in [0.5, 0.6) is 0 Å². The number of thiophene rings is 1. The average Bonchev–Trinajstić information content (AvgIpc) is 3.02. The van der Waals surface area contributed by atoms with Crippen LogP contribution in [0, 0.1) is 12.8 Å². The molecule has 0 radical (unpaired) electrons. The van der Waals surface area contributed by atoms with Crippen LogP contribution in [0.2, 0.25) is 0 Å². The third-order valence-electron chi connectivity index (χ3n) is 4.94. The second-order valence-electron chi connectivity index (χ2n) is 6.87. The van der Waals surface area contributed by atoms with Gasteiger partial charge in [-0.2, -0.15) is 0 Å². The van der Waals surface area contributed by atoms with Gasteiger partial charge in [-0.05, 0) is 31.4 Å². The van der Waals surface area contributed by atoms with Crippen molar-refractivity contribution in [3.63, 3.8) is 0 Å². The number of carbonyl (C=O) groups excluding carboxylic acids is 1. The van der Waals surface area contributed by atoms with E-state index in [-0.39, 0.29) is 11.8 Å². The van der Waals surface area contributed by atoms with E-state index in [4.69, 9.17) is 15.7 Å². The van der Waals surface area contributed by atoms with Crippen molar-refractivity contribution in [2.24, 2.45) is 11.7 Å². The SMILES string of the molecule is Cc1cc2c(N3CCC(C(N)=O)CC3)nc(Cc3ccccc3)nc2s1. The Labute approximate surface area is 156 Å². The van der Waals surface area contributed by atoms with Crippen molar-refractivity contribution in [2.45, 2.75) is 26.2 Å². The van der Waals surface area contributed by atoms with Gasteiger partial charge in [-0.25, -0.2) is 9.97 Å². The van der Waals surface area contributed by atoms with Crippen LogP contribution >= 0.6 is 11.3 Å². The minimum atomic E-state index is -0.186. The zero-order valence-corrected chi connectivity index (χ0v) is 15.6. The summed E-state index contributed by atoms with van der Waals surface area (Å²) in [6.07, 6.45) is 2.30. The lowest BCUT2D eigenvalue weighted by molar-refractivity contribution is -0.122. The fourth-order valence-corrected chi connectivity index (χ4v) is 4.44. The molecular weight excluding hydrogens is 344 g/mol. The monoisotopic (exact) mass is 366 g/mol. The number of aryl methyl sites for hydroxylation is 1. The van der Waals surface area contributed by atoms with E-state index < -0.39 is 0 Å². The summed E-state index contributed by atoms with van der Waals surface area (Å²) in [7, 11) is 0. The summed E-state index contributed by atoms with van der Waals surface area (Å²) < 4.78 is 0. The number of benzene rings is 1. The van der Waals surface area contributed by atoms with Crippen LogP contribution in [0.3, 0.4) is 0 Å². The molecule has 1 aromatic carbocycles. The fourth-order valence-electron chi connectivity index (χ4n) is 3.54. The molecule has 0 atom stereocenters. The molecule has 6 heteroatoms. The Balaban J connectivity index is 1.67. The number of aromatic nitrogens is 2. The maximum Gasteiger partial charge on any atom is 0.220 e. The highest BCUT2D eigenvalue weighted by Crippen LogP contribution is 2.33. The summed E-state index contributed by atoms with van der Waals surface area (Å²) in [4.78, 5) is 25.7. The molecule has 1 amide bonds. The van der Waals surface area contributed by atoms with E-state index in [1.165, 1.54) is 10.4 Å². The Bertz CT molecular complexity index is 930. The highest BCUT2D eigenvalue weighted by molar-refractivity contribution is 7.18. The van der Waals surface area contributed by atoms with E-state index in [0.717, 1.165) is 54.2 Å². The molecule has 4 rings (SSSR count). The summed E-state index contributed by atoms with van der Waals surface area (Å²) >= 11 is 1.71. The van der Waals surface area contributed by atoms with Gasteiger partial charge < -0.3 is 10.6 Å². The largest absolute Gasteiger partial charge is 0.369 e. The van der Waals surface area contributed by atoms with Crippen molar-refractivity contribution in [3.8, 4) is 0 Å². The van der Waals surface area contributed by atoms with Gasteiger partial charge in [0.25, 0.3) is 0 Å². The number of rotatable bonds is 4. The summed E-state index contributed by atoms with van der Waals surface area (Å²) in [5, 5.41) is 1.11. The highest BCUT2D eigenvalue weighted by Gasteiger charge is 2.25. The number of nitrogens with zero attached hydrogens (tertiary/aromatic N) is 3. The van der Waals surface area contributed by atoms with Gasteiger partial charge in [-0.15, -0.1) is 11.3 Å². The molecule has 2 aromatic heterocycles. The third-order valence-corrected chi connectivity index (χ3v) is 5.89. The summed E-state index contributed by atoms with van der Waals surface area (Å²) in [6, 6.07) is 12.5. The van der Waals surface area contributed by atoms with Crippen LogP contribution in [0.1, 0.15) is 29.1 Å². The average molecular weight is 366 g/mol. The summed E-state index contributed by atoms with van der Waals surface area (Å²) in [5.41, 5.74) is 6.68. The Morgan fingerprint density at radius 2 is 1.96 bits per heavy atom. The van der Waals surface area contributed by atoms with Crippen molar-refractivity contribution in [1.29, 1.82) is 0 Å². The van der Waals surface area contributed by atoms with E-state index in [2.05, 4.69) is 30.0 Å². The third kappa shape index (κ3) is 3.42. The van der Waals surface area contributed by atoms with Gasteiger partial charge in [0.2, 0.25) is 5.91 Å². The predicted molar refractivity (Wildman–Crippen MR) is 106 cm³/mol. The van der Waals surface area contributed by atoms with E-state index in [9.17, 15) is 4.79 Å². The van der Waals surface area contributed by atoms with Gasteiger partial charge >= 0.3 is 0 Å². The molecule has 3 heterocycles. The van der Waals surface area contributed by atoms with Gasteiger partial charge in [0.05, 0.1) is 5.39 Å². The molecule has 26 heavy (non-hydrogen) atoms. The number of carbonyl (C=O) groups is 1. The van der Waals surface area contributed by atoms with Crippen LogP contribution in [-0.4, -0.2) is 29.0 Å². The first kappa shape index (κ1) is 17.0. The quantitative estimate of drug-likeness (QED) is 0.769. The number of hydrogen-bond donors (Lipinski definition) is 1. The summed E-state index contributed by atoms with van der Waals surface area (Å²) in [6.45, 7) is 3.71. The van der Waals surface area contributed by atoms with Crippen molar-refractivity contribution < 1.29 is 4.79 Å². The van der Waals surface area contributed by atoms with Crippen molar-refractivity contribution in [3.05, 3.63) is 52.7 Å². The molecule has 0 saturated carbocycles. The highest BCUT2D eigenvalue weighted by atomic mass is 32.1. The van der Waals surface area contributed by atoms with Crippen LogP contribution in [0.15, 0.2) is 36.4 Å². The van der Waals surface area contributed by atoms with Gasteiger partial charge in [-0.3, -0.25) is 4.79 Å². The van der Waals surface area contributed by atoms with Crippen LogP contribution in [-0.2, 0) is 11.2 Å². The van der Waals surface area contributed by atoms with Gasteiger partial charge in [0.15, 0.2) is 0 Å². The molecule has 134 valence electrons. The molecule has 0 unspecified atom stereocenters. The minimum Gasteiger partial charge on any atom is -0.369 e. The molecule has 2 N–H and O–H groups in total. The molecule has 0 spiro atoms.